The fourth-order valence-corrected chi connectivity index (χ4v) is 10.9. The maximum absolute atomic E-state index is 13.0. The van der Waals surface area contributed by atoms with Crippen molar-refractivity contribution in [3.63, 3.8) is 0 Å². The molecule has 1 unspecified atom stereocenters. The number of hydrogen-bond donors (Lipinski definition) is 0. The Morgan fingerprint density at radius 1 is 0.241 bits per heavy atom. The summed E-state index contributed by atoms with van der Waals surface area (Å²) in [5.41, 5.74) is 0. The van der Waals surface area contributed by atoms with Crippen LogP contribution in [0.25, 0.3) is 0 Å². The number of esters is 3. The van der Waals surface area contributed by atoms with E-state index in [0.29, 0.717) is 19.3 Å². The van der Waals surface area contributed by atoms with Crippen molar-refractivity contribution in [3.05, 3.63) is 60.8 Å². The SMILES string of the molecule is CCCCCCC/C=C\C/C=C\CCCCCCCCCCCCCCCCCC(=O)OCC(COC(=O)CCCCCCCCC/C=C\CCCCCCCC)OC(=O)CCCCCCCCCCC/C=C\C/C=C\CCCCCCC. The molecule has 0 aromatic rings. The molecule has 0 bridgehead atoms. The first kappa shape index (κ1) is 80.1. The van der Waals surface area contributed by atoms with Crippen LogP contribution in [0.1, 0.15) is 393 Å². The second-order valence-electron chi connectivity index (χ2n) is 24.8. The Kier molecular flexibility index (Phi) is 69.1. The van der Waals surface area contributed by atoms with Gasteiger partial charge in [0.2, 0.25) is 0 Å². The summed E-state index contributed by atoms with van der Waals surface area (Å²) in [6, 6.07) is 0. The summed E-state index contributed by atoms with van der Waals surface area (Å²) in [6.45, 7) is 6.67. The molecule has 0 heterocycles. The number of allylic oxidation sites excluding steroid dienone is 10. The zero-order valence-corrected chi connectivity index (χ0v) is 55.7. The lowest BCUT2D eigenvalue weighted by Gasteiger charge is -2.18. The Labute approximate surface area is 517 Å². The molecule has 0 aliphatic heterocycles. The highest BCUT2D eigenvalue weighted by molar-refractivity contribution is 5.71. The van der Waals surface area contributed by atoms with Crippen LogP contribution in [-0.2, 0) is 28.6 Å². The van der Waals surface area contributed by atoms with E-state index in [1.807, 2.05) is 0 Å². The monoisotopic (exact) mass is 1160 g/mol. The largest absolute Gasteiger partial charge is 0.462 e. The Morgan fingerprint density at radius 3 is 0.675 bits per heavy atom. The normalized spacial score (nSPS) is 12.4. The van der Waals surface area contributed by atoms with Gasteiger partial charge >= 0.3 is 17.9 Å². The van der Waals surface area contributed by atoms with Gasteiger partial charge in [0.15, 0.2) is 6.10 Å². The summed E-state index contributed by atoms with van der Waals surface area (Å²) in [5.74, 6) is -0.857. The molecule has 6 nitrogen and oxygen atoms in total. The molecule has 0 saturated carbocycles. The smallest absolute Gasteiger partial charge is 0.306 e. The van der Waals surface area contributed by atoms with Crippen LogP contribution in [0.5, 0.6) is 0 Å². The third kappa shape index (κ3) is 69.8. The van der Waals surface area contributed by atoms with Crippen LogP contribution in [0.2, 0.25) is 0 Å². The molecule has 0 aliphatic rings. The van der Waals surface area contributed by atoms with Crippen LogP contribution in [0, 0.1) is 0 Å². The van der Waals surface area contributed by atoms with E-state index < -0.39 is 6.10 Å². The molecule has 0 aliphatic carbocycles. The van der Waals surface area contributed by atoms with E-state index in [4.69, 9.17) is 14.2 Å². The van der Waals surface area contributed by atoms with E-state index in [0.717, 1.165) is 70.6 Å². The fourth-order valence-electron chi connectivity index (χ4n) is 10.9. The van der Waals surface area contributed by atoms with Gasteiger partial charge in [-0.2, -0.15) is 0 Å². The number of hydrogen-bond acceptors (Lipinski definition) is 6. The van der Waals surface area contributed by atoms with Gasteiger partial charge in [0.05, 0.1) is 0 Å². The van der Waals surface area contributed by atoms with Crippen LogP contribution < -0.4 is 0 Å². The van der Waals surface area contributed by atoms with Gasteiger partial charge in [0, 0.05) is 19.3 Å². The lowest BCUT2D eigenvalue weighted by Crippen LogP contribution is -2.30. The Hall–Kier alpha value is -2.89. The number of unbranched alkanes of at least 4 members (excludes halogenated alkanes) is 47. The van der Waals surface area contributed by atoms with E-state index in [9.17, 15) is 14.4 Å². The lowest BCUT2D eigenvalue weighted by molar-refractivity contribution is -0.167. The molecule has 83 heavy (non-hydrogen) atoms. The van der Waals surface area contributed by atoms with Crippen LogP contribution >= 0.6 is 0 Å². The molecule has 1 atom stereocenters. The molecule has 484 valence electrons. The van der Waals surface area contributed by atoms with Gasteiger partial charge in [-0.15, -0.1) is 0 Å². The van der Waals surface area contributed by atoms with Gasteiger partial charge in [0.25, 0.3) is 0 Å². The Balaban J connectivity index is 4.30. The van der Waals surface area contributed by atoms with Crippen molar-refractivity contribution in [2.24, 2.45) is 0 Å². The van der Waals surface area contributed by atoms with Crippen molar-refractivity contribution in [3.8, 4) is 0 Å². The molecule has 6 heteroatoms. The fraction of sp³-hybridized carbons (Fsp3) is 0.831. The highest BCUT2D eigenvalue weighted by atomic mass is 16.6. The second kappa shape index (κ2) is 71.6. The van der Waals surface area contributed by atoms with Crippen molar-refractivity contribution in [1.82, 2.24) is 0 Å². The maximum atomic E-state index is 13.0. The number of carbonyl (C=O) groups excluding carboxylic acids is 3. The van der Waals surface area contributed by atoms with E-state index in [2.05, 4.69) is 81.5 Å². The first-order valence-corrected chi connectivity index (χ1v) is 36.8. The van der Waals surface area contributed by atoms with Crippen LogP contribution in [-0.4, -0.2) is 37.2 Å². The second-order valence-corrected chi connectivity index (χ2v) is 24.8. The summed E-state index contributed by atoms with van der Waals surface area (Å²) in [4.78, 5) is 38.5. The van der Waals surface area contributed by atoms with Crippen molar-refractivity contribution >= 4 is 17.9 Å². The van der Waals surface area contributed by atoms with Gasteiger partial charge in [-0.25, -0.2) is 0 Å². The number of ether oxygens (including phenoxy) is 3. The summed E-state index contributed by atoms with van der Waals surface area (Å²) in [6.07, 6.45) is 92.5. The van der Waals surface area contributed by atoms with Gasteiger partial charge in [-0.3, -0.25) is 14.4 Å². The van der Waals surface area contributed by atoms with E-state index >= 15 is 0 Å². The average molecular weight is 1160 g/mol. The van der Waals surface area contributed by atoms with Crippen molar-refractivity contribution in [1.29, 1.82) is 0 Å². The molecule has 0 aromatic carbocycles. The Bertz CT molecular complexity index is 1470. The molecule has 0 aromatic heterocycles. The molecule has 0 spiro atoms. The van der Waals surface area contributed by atoms with Gasteiger partial charge < -0.3 is 14.2 Å². The first-order valence-electron chi connectivity index (χ1n) is 36.8. The van der Waals surface area contributed by atoms with E-state index in [1.54, 1.807) is 0 Å². The minimum atomic E-state index is -0.780. The number of carbonyl (C=O) groups is 3. The van der Waals surface area contributed by atoms with E-state index in [1.165, 1.54) is 283 Å². The minimum Gasteiger partial charge on any atom is -0.462 e. The van der Waals surface area contributed by atoms with Gasteiger partial charge in [-0.1, -0.05) is 326 Å². The average Bonchev–Trinajstić information content (AvgIpc) is 3.49. The van der Waals surface area contributed by atoms with Crippen molar-refractivity contribution in [2.75, 3.05) is 13.2 Å². The van der Waals surface area contributed by atoms with Crippen LogP contribution in [0.3, 0.4) is 0 Å². The highest BCUT2D eigenvalue weighted by Gasteiger charge is 2.19. The third-order valence-electron chi connectivity index (χ3n) is 16.5. The predicted molar refractivity (Wildman–Crippen MR) is 362 cm³/mol. The molecular weight excluding hydrogens is 1020 g/mol. The summed E-state index contributed by atoms with van der Waals surface area (Å²) < 4.78 is 17.0. The van der Waals surface area contributed by atoms with Crippen LogP contribution in [0.15, 0.2) is 60.8 Å². The van der Waals surface area contributed by atoms with Crippen molar-refractivity contribution < 1.29 is 28.6 Å². The lowest BCUT2D eigenvalue weighted by atomic mass is 10.0. The topological polar surface area (TPSA) is 78.9 Å². The summed E-state index contributed by atoms with van der Waals surface area (Å²) >= 11 is 0. The standard InChI is InChI=1S/C77H140O6/c1-4-7-10-13-16-19-22-25-28-31-33-35-36-37-38-39-40-42-43-46-49-52-55-58-61-64-67-70-76(79)82-73-74(72-81-75(78)69-66-63-60-57-54-51-48-45-30-27-24-21-18-15-12-9-6-3)83-77(80)71-68-65-62-59-56-53-50-47-44-41-34-32-29-26-23-20-17-14-11-8-5-2/h22-23,25-27,30-34,74H,4-21,24,28-29,35-73H2,1-3H3/b25-22-,26-23-,30-27-,33-31-,34-32-. The van der Waals surface area contributed by atoms with Crippen LogP contribution in [0.4, 0.5) is 0 Å². The summed E-state index contributed by atoms with van der Waals surface area (Å²) in [7, 11) is 0. The molecule has 0 rings (SSSR count). The molecule has 0 saturated heterocycles. The van der Waals surface area contributed by atoms with E-state index in [-0.39, 0.29) is 31.1 Å². The Morgan fingerprint density at radius 2 is 0.434 bits per heavy atom. The predicted octanol–water partition coefficient (Wildman–Crippen LogP) is 25.5. The number of rotatable bonds is 68. The third-order valence-corrected chi connectivity index (χ3v) is 16.5. The molecule has 0 radical (unpaired) electrons. The molecule has 0 N–H and O–H groups in total. The minimum absolute atomic E-state index is 0.0741. The van der Waals surface area contributed by atoms with Gasteiger partial charge in [-0.05, 0) is 109 Å². The van der Waals surface area contributed by atoms with Gasteiger partial charge in [0.1, 0.15) is 13.2 Å². The zero-order chi connectivity index (χ0) is 59.9. The highest BCUT2D eigenvalue weighted by Crippen LogP contribution is 2.18. The molecule has 0 amide bonds. The molecular formula is C77H140O6. The van der Waals surface area contributed by atoms with Crippen molar-refractivity contribution in [2.45, 2.75) is 399 Å². The zero-order valence-electron chi connectivity index (χ0n) is 55.7. The maximum Gasteiger partial charge on any atom is 0.306 e. The quantitative estimate of drug-likeness (QED) is 0.0261. The first-order chi connectivity index (χ1) is 41.0. The molecule has 0 fully saturated rings. The summed E-state index contributed by atoms with van der Waals surface area (Å²) in [5, 5.41) is 0.